The van der Waals surface area contributed by atoms with Crippen molar-refractivity contribution in [3.8, 4) is 0 Å². The van der Waals surface area contributed by atoms with Gasteiger partial charge in [-0.05, 0) is 50.2 Å². The summed E-state index contributed by atoms with van der Waals surface area (Å²) in [5.74, 6) is -1.67. The Morgan fingerprint density at radius 2 is 2.19 bits per heavy atom. The lowest BCUT2D eigenvalue weighted by Crippen LogP contribution is -2.53. The summed E-state index contributed by atoms with van der Waals surface area (Å²) in [6.45, 7) is 2.05. The third-order valence-electron chi connectivity index (χ3n) is 5.88. The van der Waals surface area contributed by atoms with Crippen LogP contribution in [0.15, 0.2) is 40.1 Å². The lowest BCUT2D eigenvalue weighted by molar-refractivity contribution is -0.132. The number of ether oxygens (including phenoxy) is 1. The molecule has 2 N–H and O–H groups in total. The van der Waals surface area contributed by atoms with Crippen molar-refractivity contribution in [1.82, 2.24) is 10.2 Å². The fourth-order valence-corrected chi connectivity index (χ4v) is 4.35. The number of alkyl halides is 1. The molecule has 142 valence electrons. The van der Waals surface area contributed by atoms with Crippen molar-refractivity contribution in [3.63, 3.8) is 0 Å². The van der Waals surface area contributed by atoms with Crippen LogP contribution in [0, 0.1) is 5.92 Å². The summed E-state index contributed by atoms with van der Waals surface area (Å²) in [7, 11) is 0. The van der Waals surface area contributed by atoms with E-state index in [1.54, 1.807) is 0 Å². The Labute approximate surface area is 155 Å². The number of carbonyl (C=O) groups excluding carboxylic acids is 1. The van der Waals surface area contributed by atoms with Crippen LogP contribution in [0.5, 0.6) is 0 Å². The average Bonchev–Trinajstić information content (AvgIpc) is 3.47. The number of nitrogens with one attached hydrogen (secondary N) is 1. The van der Waals surface area contributed by atoms with Crippen LogP contribution in [-0.4, -0.2) is 51.9 Å². The van der Waals surface area contributed by atoms with Gasteiger partial charge in [-0.3, -0.25) is 14.7 Å². The van der Waals surface area contributed by atoms with E-state index in [2.05, 4.69) is 10.3 Å². The number of rotatable bonds is 2. The second kappa shape index (κ2) is 5.76. The number of hydrogen-bond donors (Lipinski definition) is 2. The predicted molar refractivity (Wildman–Crippen MR) is 93.2 cm³/mol. The summed E-state index contributed by atoms with van der Waals surface area (Å²) >= 11 is 0. The molecule has 1 amide bonds. The van der Waals surface area contributed by atoms with Crippen molar-refractivity contribution in [2.75, 3.05) is 0 Å². The van der Waals surface area contributed by atoms with Gasteiger partial charge in [0.15, 0.2) is 6.17 Å². The minimum absolute atomic E-state index is 0.0900. The largest absolute Gasteiger partial charge is 0.476 e. The highest BCUT2D eigenvalue weighted by atomic mass is 19.1. The Balaban J connectivity index is 1.60. The fourth-order valence-electron chi connectivity index (χ4n) is 4.35. The zero-order chi connectivity index (χ0) is 18.9. The molecule has 0 aromatic rings. The molecule has 0 spiro atoms. The molecule has 5 aliphatic rings. The number of aliphatic carboxylic acids is 1. The van der Waals surface area contributed by atoms with Crippen molar-refractivity contribution in [3.05, 3.63) is 35.1 Å². The number of carboxylic acids is 1. The number of nitrogens with zero attached hydrogens (tertiary/aromatic N) is 2. The van der Waals surface area contributed by atoms with Gasteiger partial charge in [-0.2, -0.15) is 0 Å². The number of amides is 1. The molecule has 0 aromatic heterocycles. The highest BCUT2D eigenvalue weighted by Crippen LogP contribution is 2.46. The number of hydrogen-bond acceptors (Lipinski definition) is 5. The smallest absolute Gasteiger partial charge is 0.359 e. The van der Waals surface area contributed by atoms with E-state index in [-0.39, 0.29) is 23.7 Å². The van der Waals surface area contributed by atoms with Gasteiger partial charge >= 0.3 is 5.97 Å². The third kappa shape index (κ3) is 2.46. The van der Waals surface area contributed by atoms with E-state index in [4.69, 9.17) is 4.74 Å². The van der Waals surface area contributed by atoms with E-state index < -0.39 is 29.8 Å². The van der Waals surface area contributed by atoms with Gasteiger partial charge in [0.2, 0.25) is 5.71 Å². The summed E-state index contributed by atoms with van der Waals surface area (Å²) < 4.78 is 21.0. The van der Waals surface area contributed by atoms with Crippen molar-refractivity contribution in [1.29, 1.82) is 0 Å². The molecule has 5 rings (SSSR count). The summed E-state index contributed by atoms with van der Waals surface area (Å²) in [6.07, 6.45) is 4.92. The topological polar surface area (TPSA) is 91.2 Å². The number of allylic oxidation sites excluding steroid dienone is 1. The van der Waals surface area contributed by atoms with E-state index in [0.717, 1.165) is 31.3 Å². The molecule has 0 aromatic carbocycles. The Kier molecular flexibility index (Phi) is 3.56. The molecule has 3 aliphatic heterocycles. The second-order valence-corrected chi connectivity index (χ2v) is 7.80. The third-order valence-corrected chi connectivity index (χ3v) is 5.88. The van der Waals surface area contributed by atoms with E-state index in [9.17, 15) is 14.7 Å². The quantitative estimate of drug-likeness (QED) is 0.718. The molecule has 0 radical (unpaired) electrons. The number of halogens is 1. The standard InChI is InChI=1S/C19H20FN3O4/c1-8-2-3-10-6-11(20)16-17(14(10)21-8)27-7-12-13(9-4-5-9)22-15(19(25)26)18(24)23(12)16/h6-9,11,13-14,21H,2-5H2,1H3,(H,25,26). The van der Waals surface area contributed by atoms with Crippen LogP contribution in [-0.2, 0) is 14.3 Å². The van der Waals surface area contributed by atoms with Gasteiger partial charge in [-0.1, -0.05) is 0 Å². The van der Waals surface area contributed by atoms with Gasteiger partial charge in [0.25, 0.3) is 5.91 Å². The summed E-state index contributed by atoms with van der Waals surface area (Å²) in [6, 6.07) is -0.551. The van der Waals surface area contributed by atoms with Crippen molar-refractivity contribution in [2.24, 2.45) is 10.9 Å². The number of carboxylic acid groups (broad SMARTS) is 1. The van der Waals surface area contributed by atoms with E-state index >= 15 is 4.39 Å². The number of fused-ring (bicyclic) bond motifs is 4. The number of carbonyl (C=O) groups is 2. The molecule has 27 heavy (non-hydrogen) atoms. The molecule has 4 atom stereocenters. The van der Waals surface area contributed by atoms with Crippen LogP contribution < -0.4 is 5.32 Å². The SMILES string of the molecule is CC1CCC2=CC(F)C3=C(OC=C4C(C5CC5)N=C(C(=O)O)C(=O)N43)C2N1. The maximum atomic E-state index is 15.2. The van der Waals surface area contributed by atoms with Crippen LogP contribution >= 0.6 is 0 Å². The van der Waals surface area contributed by atoms with Crippen molar-refractivity contribution >= 4 is 17.6 Å². The molecule has 4 unspecified atom stereocenters. The van der Waals surface area contributed by atoms with Gasteiger partial charge in [-0.25, -0.2) is 9.18 Å². The molecule has 1 saturated heterocycles. The fraction of sp³-hybridized carbons (Fsp3) is 0.526. The monoisotopic (exact) mass is 373 g/mol. The Bertz CT molecular complexity index is 870. The Morgan fingerprint density at radius 1 is 1.41 bits per heavy atom. The first-order valence-corrected chi connectivity index (χ1v) is 9.32. The van der Waals surface area contributed by atoms with Crippen molar-refractivity contribution in [2.45, 2.75) is 56.9 Å². The van der Waals surface area contributed by atoms with Gasteiger partial charge in [-0.15, -0.1) is 0 Å². The molecule has 1 saturated carbocycles. The first-order chi connectivity index (χ1) is 13.0. The average molecular weight is 373 g/mol. The van der Waals surface area contributed by atoms with Crippen LogP contribution in [0.1, 0.15) is 32.6 Å². The maximum Gasteiger partial charge on any atom is 0.359 e. The number of piperidine rings is 1. The van der Waals surface area contributed by atoms with Crippen LogP contribution in [0.25, 0.3) is 0 Å². The Morgan fingerprint density at radius 3 is 2.89 bits per heavy atom. The van der Waals surface area contributed by atoms with Gasteiger partial charge in [0, 0.05) is 6.04 Å². The van der Waals surface area contributed by atoms with E-state index in [1.807, 2.05) is 6.92 Å². The highest BCUT2D eigenvalue weighted by Gasteiger charge is 2.50. The molecule has 2 aliphatic carbocycles. The molecular formula is C19H20FN3O4. The molecule has 8 heteroatoms. The van der Waals surface area contributed by atoms with E-state index in [0.29, 0.717) is 11.5 Å². The predicted octanol–water partition coefficient (Wildman–Crippen LogP) is 1.63. The molecule has 2 fully saturated rings. The zero-order valence-electron chi connectivity index (χ0n) is 14.8. The van der Waals surface area contributed by atoms with Crippen LogP contribution in [0.4, 0.5) is 4.39 Å². The minimum atomic E-state index is -1.53. The lowest BCUT2D eigenvalue weighted by Gasteiger charge is -2.43. The Hall–Kier alpha value is -2.48. The maximum absolute atomic E-state index is 15.2. The highest BCUT2D eigenvalue weighted by molar-refractivity contribution is 6.64. The molecule has 3 heterocycles. The zero-order valence-corrected chi connectivity index (χ0v) is 14.8. The van der Waals surface area contributed by atoms with Gasteiger partial charge < -0.3 is 15.2 Å². The molecular weight excluding hydrogens is 353 g/mol. The molecule has 7 nitrogen and oxygen atoms in total. The van der Waals surface area contributed by atoms with Gasteiger partial charge in [0.05, 0.1) is 17.8 Å². The first kappa shape index (κ1) is 16.7. The van der Waals surface area contributed by atoms with Crippen molar-refractivity contribution < 1.29 is 23.8 Å². The van der Waals surface area contributed by atoms with Crippen LogP contribution in [0.2, 0.25) is 0 Å². The normalized spacial score (nSPS) is 35.3. The summed E-state index contributed by atoms with van der Waals surface area (Å²) in [5, 5.41) is 12.8. The minimum Gasteiger partial charge on any atom is -0.476 e. The number of aliphatic imine (C=N–C) groups is 1. The second-order valence-electron chi connectivity index (χ2n) is 7.80. The van der Waals surface area contributed by atoms with Gasteiger partial charge in [0.1, 0.15) is 17.7 Å². The summed E-state index contributed by atoms with van der Waals surface area (Å²) in [5.41, 5.74) is 0.901. The molecule has 0 bridgehead atoms. The van der Waals surface area contributed by atoms with E-state index in [1.165, 1.54) is 17.2 Å². The first-order valence-electron chi connectivity index (χ1n) is 9.32. The lowest BCUT2D eigenvalue weighted by atomic mass is 9.85. The van der Waals surface area contributed by atoms with Crippen LogP contribution in [0.3, 0.4) is 0 Å². The summed E-state index contributed by atoms with van der Waals surface area (Å²) in [4.78, 5) is 29.8.